The average Bonchev–Trinajstić information content (AvgIpc) is 2.17. The molecule has 1 rings (SSSR count). The number of methoxy groups -OCH3 is 1. The van der Waals surface area contributed by atoms with Gasteiger partial charge in [0.1, 0.15) is 6.04 Å². The first-order valence-electron chi connectivity index (χ1n) is 4.66. The number of carbonyl (C=O) groups is 1. The molecule has 0 heterocycles. The van der Waals surface area contributed by atoms with E-state index < -0.39 is 12.0 Å². The second kappa shape index (κ2) is 4.58. The molecule has 0 radical (unpaired) electrons. The van der Waals surface area contributed by atoms with Crippen LogP contribution in [0.5, 0.6) is 0 Å². The molecule has 0 bridgehead atoms. The van der Waals surface area contributed by atoms with E-state index in [0.29, 0.717) is 6.10 Å². The SMILES string of the molecule is COC1CCC([C@@H](N)C(=O)O)CC1. The van der Waals surface area contributed by atoms with Crippen molar-refractivity contribution in [2.45, 2.75) is 37.8 Å². The van der Waals surface area contributed by atoms with Gasteiger partial charge in [-0.15, -0.1) is 0 Å². The van der Waals surface area contributed by atoms with Crippen molar-refractivity contribution in [2.24, 2.45) is 11.7 Å². The fraction of sp³-hybridized carbons (Fsp3) is 0.889. The Morgan fingerprint density at radius 3 is 2.38 bits per heavy atom. The predicted octanol–water partition coefficient (Wildman–Crippen LogP) is 0.603. The maximum Gasteiger partial charge on any atom is 0.320 e. The van der Waals surface area contributed by atoms with Gasteiger partial charge in [0.2, 0.25) is 0 Å². The molecule has 0 unspecified atom stereocenters. The normalized spacial score (nSPS) is 31.2. The predicted molar refractivity (Wildman–Crippen MR) is 48.4 cm³/mol. The van der Waals surface area contributed by atoms with Crippen molar-refractivity contribution in [2.75, 3.05) is 7.11 Å². The van der Waals surface area contributed by atoms with Gasteiger partial charge in [-0.2, -0.15) is 0 Å². The molecule has 4 heteroatoms. The largest absolute Gasteiger partial charge is 0.480 e. The maximum atomic E-state index is 10.6. The molecular formula is C9H17NO3. The molecule has 0 aliphatic heterocycles. The third-order valence-corrected chi connectivity index (χ3v) is 2.85. The number of ether oxygens (including phenoxy) is 1. The Morgan fingerprint density at radius 1 is 1.46 bits per heavy atom. The summed E-state index contributed by atoms with van der Waals surface area (Å²) in [7, 11) is 1.70. The molecule has 0 aromatic carbocycles. The minimum Gasteiger partial charge on any atom is -0.480 e. The quantitative estimate of drug-likeness (QED) is 0.678. The van der Waals surface area contributed by atoms with Crippen LogP contribution < -0.4 is 5.73 Å². The summed E-state index contributed by atoms with van der Waals surface area (Å²) in [5.74, 6) is -0.759. The van der Waals surface area contributed by atoms with E-state index in [-0.39, 0.29) is 5.92 Å². The Labute approximate surface area is 78.1 Å². The van der Waals surface area contributed by atoms with E-state index in [9.17, 15) is 4.79 Å². The second-order valence-electron chi connectivity index (χ2n) is 3.64. The van der Waals surface area contributed by atoms with Gasteiger partial charge in [-0.3, -0.25) is 4.79 Å². The molecule has 76 valence electrons. The molecule has 1 aliphatic rings. The minimum atomic E-state index is -0.888. The number of hydrogen-bond donors (Lipinski definition) is 2. The van der Waals surface area contributed by atoms with Gasteiger partial charge < -0.3 is 15.6 Å². The number of rotatable bonds is 3. The molecule has 1 saturated carbocycles. The van der Waals surface area contributed by atoms with Crippen molar-refractivity contribution in [3.63, 3.8) is 0 Å². The molecule has 4 nitrogen and oxygen atoms in total. The molecule has 0 aromatic heterocycles. The van der Waals surface area contributed by atoms with Crippen LogP contribution in [0.2, 0.25) is 0 Å². The zero-order chi connectivity index (χ0) is 9.84. The van der Waals surface area contributed by atoms with Crippen LogP contribution in [0.4, 0.5) is 0 Å². The van der Waals surface area contributed by atoms with Crippen molar-refractivity contribution < 1.29 is 14.6 Å². The van der Waals surface area contributed by atoms with E-state index in [2.05, 4.69) is 0 Å². The third-order valence-electron chi connectivity index (χ3n) is 2.85. The Morgan fingerprint density at radius 2 is 2.00 bits per heavy atom. The highest BCUT2D eigenvalue weighted by molar-refractivity contribution is 5.73. The smallest absolute Gasteiger partial charge is 0.320 e. The maximum absolute atomic E-state index is 10.6. The van der Waals surface area contributed by atoms with E-state index in [4.69, 9.17) is 15.6 Å². The molecule has 3 N–H and O–H groups in total. The Bertz CT molecular complexity index is 176. The lowest BCUT2D eigenvalue weighted by atomic mass is 9.83. The van der Waals surface area contributed by atoms with Crippen molar-refractivity contribution in [3.8, 4) is 0 Å². The first-order valence-corrected chi connectivity index (χ1v) is 4.66. The van der Waals surface area contributed by atoms with Crippen LogP contribution in [0, 0.1) is 5.92 Å². The summed E-state index contributed by atoms with van der Waals surface area (Å²) in [5.41, 5.74) is 5.54. The summed E-state index contributed by atoms with van der Waals surface area (Å²) < 4.78 is 5.19. The van der Waals surface area contributed by atoms with Crippen LogP contribution >= 0.6 is 0 Å². The zero-order valence-electron chi connectivity index (χ0n) is 7.90. The van der Waals surface area contributed by atoms with Gasteiger partial charge in [0.05, 0.1) is 6.10 Å². The minimum absolute atomic E-state index is 0.129. The summed E-state index contributed by atoms with van der Waals surface area (Å²) in [6.07, 6.45) is 3.90. The Kier molecular flexibility index (Phi) is 3.69. The highest BCUT2D eigenvalue weighted by Crippen LogP contribution is 2.27. The topological polar surface area (TPSA) is 72.5 Å². The summed E-state index contributed by atoms with van der Waals surface area (Å²) in [4.78, 5) is 10.6. The first-order chi connectivity index (χ1) is 6.15. The van der Waals surface area contributed by atoms with Gasteiger partial charge in [-0.25, -0.2) is 0 Å². The average molecular weight is 187 g/mol. The molecular weight excluding hydrogens is 170 g/mol. The zero-order valence-corrected chi connectivity index (χ0v) is 7.90. The Hall–Kier alpha value is -0.610. The Balaban J connectivity index is 2.36. The van der Waals surface area contributed by atoms with E-state index >= 15 is 0 Å². The lowest BCUT2D eigenvalue weighted by Gasteiger charge is -2.29. The van der Waals surface area contributed by atoms with Crippen molar-refractivity contribution in [1.29, 1.82) is 0 Å². The van der Waals surface area contributed by atoms with E-state index in [0.717, 1.165) is 25.7 Å². The number of nitrogens with two attached hydrogens (primary N) is 1. The van der Waals surface area contributed by atoms with Gasteiger partial charge in [0.25, 0.3) is 0 Å². The molecule has 0 aromatic rings. The third kappa shape index (κ3) is 2.67. The van der Waals surface area contributed by atoms with Crippen molar-refractivity contribution in [3.05, 3.63) is 0 Å². The van der Waals surface area contributed by atoms with Gasteiger partial charge in [-0.05, 0) is 31.6 Å². The fourth-order valence-electron chi connectivity index (χ4n) is 1.89. The van der Waals surface area contributed by atoms with Crippen molar-refractivity contribution in [1.82, 2.24) is 0 Å². The second-order valence-corrected chi connectivity index (χ2v) is 3.64. The number of aliphatic carboxylic acids is 1. The fourth-order valence-corrected chi connectivity index (χ4v) is 1.89. The molecule has 0 amide bonds. The van der Waals surface area contributed by atoms with Gasteiger partial charge >= 0.3 is 5.97 Å². The standard InChI is InChI=1S/C9H17NO3/c1-13-7-4-2-6(3-5-7)8(10)9(11)12/h6-8H,2-5,10H2,1H3,(H,11,12)/t6?,7?,8-/m1/s1. The summed E-state index contributed by atoms with van der Waals surface area (Å²) in [6.45, 7) is 0. The van der Waals surface area contributed by atoms with Crippen LogP contribution in [0.1, 0.15) is 25.7 Å². The van der Waals surface area contributed by atoms with E-state index in [1.54, 1.807) is 7.11 Å². The first kappa shape index (κ1) is 10.5. The van der Waals surface area contributed by atoms with Crippen LogP contribution in [-0.4, -0.2) is 30.3 Å². The highest BCUT2D eigenvalue weighted by Gasteiger charge is 2.28. The van der Waals surface area contributed by atoms with E-state index in [1.165, 1.54) is 0 Å². The summed E-state index contributed by atoms with van der Waals surface area (Å²) in [6, 6.07) is -0.696. The number of hydrogen-bond acceptors (Lipinski definition) is 3. The van der Waals surface area contributed by atoms with Gasteiger partial charge in [0, 0.05) is 7.11 Å². The van der Waals surface area contributed by atoms with Crippen LogP contribution in [0.15, 0.2) is 0 Å². The van der Waals surface area contributed by atoms with Gasteiger partial charge in [-0.1, -0.05) is 0 Å². The number of carboxylic acids is 1. The van der Waals surface area contributed by atoms with Crippen LogP contribution in [0.3, 0.4) is 0 Å². The highest BCUT2D eigenvalue weighted by atomic mass is 16.5. The summed E-state index contributed by atoms with van der Waals surface area (Å²) in [5, 5.41) is 8.70. The van der Waals surface area contributed by atoms with E-state index in [1.807, 2.05) is 0 Å². The molecule has 1 aliphatic carbocycles. The summed E-state index contributed by atoms with van der Waals surface area (Å²) >= 11 is 0. The molecule has 13 heavy (non-hydrogen) atoms. The number of carboxylic acid groups (broad SMARTS) is 1. The van der Waals surface area contributed by atoms with Crippen LogP contribution in [-0.2, 0) is 9.53 Å². The monoisotopic (exact) mass is 187 g/mol. The van der Waals surface area contributed by atoms with Crippen molar-refractivity contribution >= 4 is 5.97 Å². The van der Waals surface area contributed by atoms with Crippen LogP contribution in [0.25, 0.3) is 0 Å². The molecule has 1 fully saturated rings. The van der Waals surface area contributed by atoms with Gasteiger partial charge in [0.15, 0.2) is 0 Å². The lowest BCUT2D eigenvalue weighted by Crippen LogP contribution is -2.40. The molecule has 0 spiro atoms. The molecule has 1 atom stereocenters. The molecule has 0 saturated heterocycles. The lowest BCUT2D eigenvalue weighted by molar-refractivity contribution is -0.140.